The van der Waals surface area contributed by atoms with Crippen LogP contribution in [0, 0.1) is 0 Å². The number of hydrogen-bond acceptors (Lipinski definition) is 6. The fourth-order valence-corrected chi connectivity index (χ4v) is 6.41. The molecule has 1 aliphatic carbocycles. The molecule has 1 N–H and O–H groups in total. The largest absolute Gasteiger partial charge is 0.573 e. The fraction of sp³-hybridized carbons (Fsp3) is 0.419. The van der Waals surface area contributed by atoms with Gasteiger partial charge in [-0.05, 0) is 73.7 Å². The van der Waals surface area contributed by atoms with E-state index in [1.807, 2.05) is 12.1 Å². The third kappa shape index (κ3) is 6.75. The molecule has 3 atom stereocenters. The van der Waals surface area contributed by atoms with Crippen molar-refractivity contribution in [2.75, 3.05) is 26.7 Å². The van der Waals surface area contributed by atoms with Crippen LogP contribution in [-0.2, 0) is 19.7 Å². The molecule has 3 unspecified atom stereocenters. The highest BCUT2D eigenvalue weighted by Gasteiger charge is 2.61. The fourth-order valence-electron chi connectivity index (χ4n) is 6.41. The molecule has 2 aromatic rings. The number of rotatable bonds is 8. The summed E-state index contributed by atoms with van der Waals surface area (Å²) >= 11 is 0. The van der Waals surface area contributed by atoms with Crippen LogP contribution in [0.1, 0.15) is 43.7 Å². The van der Waals surface area contributed by atoms with Crippen molar-refractivity contribution in [3.63, 3.8) is 0 Å². The van der Waals surface area contributed by atoms with Crippen molar-refractivity contribution in [1.29, 1.82) is 0 Å². The molecule has 1 amide bonds. The minimum absolute atomic E-state index is 0.105. The van der Waals surface area contributed by atoms with Gasteiger partial charge in [0.1, 0.15) is 17.1 Å². The Morgan fingerprint density at radius 1 is 1.20 bits per heavy atom. The molecule has 2 fully saturated rings. The zero-order chi connectivity index (χ0) is 29.8. The second kappa shape index (κ2) is 12.0. The molecule has 1 saturated heterocycles. The number of esters is 1. The van der Waals surface area contributed by atoms with Crippen molar-refractivity contribution in [3.8, 4) is 11.5 Å². The monoisotopic (exact) mass is 572 g/mol. The third-order valence-corrected chi connectivity index (χ3v) is 8.20. The normalized spacial score (nSPS) is 24.9. The Labute approximate surface area is 237 Å². The molecule has 1 saturated carbocycles. The zero-order valence-corrected chi connectivity index (χ0v) is 23.2. The SMILES string of the molecule is C=CCN1CCC2(c3cccc(O)c3)CC(N(C)C(=O)/C=C/c3cccc(OC(F)(F)F)c3)CCC2(OC(C)=O)C1. The van der Waals surface area contributed by atoms with Gasteiger partial charge in [-0.25, -0.2) is 0 Å². The second-order valence-corrected chi connectivity index (χ2v) is 10.8. The summed E-state index contributed by atoms with van der Waals surface area (Å²) in [5, 5.41) is 10.4. The predicted octanol–water partition coefficient (Wildman–Crippen LogP) is 5.45. The molecule has 220 valence electrons. The maximum atomic E-state index is 13.3. The molecule has 1 heterocycles. The first-order valence-corrected chi connectivity index (χ1v) is 13.5. The van der Waals surface area contributed by atoms with E-state index >= 15 is 0 Å². The first-order valence-electron chi connectivity index (χ1n) is 13.5. The molecule has 2 aromatic carbocycles. The highest BCUT2D eigenvalue weighted by atomic mass is 19.4. The summed E-state index contributed by atoms with van der Waals surface area (Å²) in [5.41, 5.74) is -0.306. The lowest BCUT2D eigenvalue weighted by Gasteiger charge is -2.60. The van der Waals surface area contributed by atoms with E-state index in [4.69, 9.17) is 4.74 Å². The number of halogens is 3. The van der Waals surface area contributed by atoms with E-state index in [0.29, 0.717) is 50.9 Å². The summed E-state index contributed by atoms with van der Waals surface area (Å²) in [6.45, 7) is 7.10. The molecule has 41 heavy (non-hydrogen) atoms. The Bertz CT molecular complexity index is 1310. The van der Waals surface area contributed by atoms with Crippen molar-refractivity contribution >= 4 is 18.0 Å². The molecule has 4 rings (SSSR count). The van der Waals surface area contributed by atoms with Gasteiger partial charge >= 0.3 is 12.3 Å². The Kier molecular flexibility index (Phi) is 8.82. The molecule has 0 aromatic heterocycles. The lowest BCUT2D eigenvalue weighted by molar-refractivity contribution is -0.274. The van der Waals surface area contributed by atoms with Gasteiger partial charge in [0.2, 0.25) is 5.91 Å². The standard InChI is InChI=1S/C31H35F3N2O5/c1-4-16-36-17-15-29(24-8-6-9-26(38)19-24)20-25(13-14-30(29,21-36)40-22(2)37)35(3)28(39)12-11-23-7-5-10-27(18-23)41-31(32,33)34/h4-12,18-19,25,38H,1,13-17,20-21H2,2-3H3/b12-11+. The molecule has 2 aliphatic rings. The number of aromatic hydroxyl groups is 1. The number of carbonyl (C=O) groups excluding carboxylic acids is 2. The molecular formula is C31H35F3N2O5. The third-order valence-electron chi connectivity index (χ3n) is 8.20. The highest BCUT2D eigenvalue weighted by molar-refractivity contribution is 5.91. The van der Waals surface area contributed by atoms with Gasteiger partial charge < -0.3 is 19.5 Å². The van der Waals surface area contributed by atoms with Crippen LogP contribution in [0.25, 0.3) is 6.08 Å². The van der Waals surface area contributed by atoms with Crippen LogP contribution in [0.4, 0.5) is 13.2 Å². The van der Waals surface area contributed by atoms with Crippen molar-refractivity contribution in [2.24, 2.45) is 0 Å². The van der Waals surface area contributed by atoms with Gasteiger partial charge in [0.15, 0.2) is 0 Å². The van der Waals surface area contributed by atoms with E-state index < -0.39 is 23.3 Å². The number of alkyl halides is 3. The van der Waals surface area contributed by atoms with E-state index in [2.05, 4.69) is 16.2 Å². The number of carbonyl (C=O) groups is 2. The van der Waals surface area contributed by atoms with Crippen LogP contribution in [0.2, 0.25) is 0 Å². The van der Waals surface area contributed by atoms with Crippen LogP contribution in [0.5, 0.6) is 11.5 Å². The summed E-state index contributed by atoms with van der Waals surface area (Å²) in [6.07, 6.45) is 1.99. The maximum absolute atomic E-state index is 13.3. The van der Waals surface area contributed by atoms with E-state index in [9.17, 15) is 27.9 Å². The number of likely N-dealkylation sites (N-methyl/N-ethyl adjacent to an activating group) is 1. The van der Waals surface area contributed by atoms with Crippen molar-refractivity contribution in [3.05, 3.63) is 78.4 Å². The molecule has 1 aliphatic heterocycles. The molecule has 0 bridgehead atoms. The summed E-state index contributed by atoms with van der Waals surface area (Å²) in [4.78, 5) is 29.5. The maximum Gasteiger partial charge on any atom is 0.573 e. The molecule has 10 heteroatoms. The minimum Gasteiger partial charge on any atom is -0.508 e. The number of hydrogen-bond donors (Lipinski definition) is 1. The quantitative estimate of drug-likeness (QED) is 0.258. The number of ether oxygens (including phenoxy) is 2. The number of benzene rings is 2. The van der Waals surface area contributed by atoms with Gasteiger partial charge in [-0.3, -0.25) is 14.5 Å². The number of nitrogens with zero attached hydrogens (tertiary/aromatic N) is 2. The summed E-state index contributed by atoms with van der Waals surface area (Å²) in [6, 6.07) is 12.2. The first kappa shape index (κ1) is 30.2. The summed E-state index contributed by atoms with van der Waals surface area (Å²) in [7, 11) is 1.70. The van der Waals surface area contributed by atoms with Crippen LogP contribution >= 0.6 is 0 Å². The Morgan fingerprint density at radius 2 is 1.95 bits per heavy atom. The van der Waals surface area contributed by atoms with Crippen LogP contribution in [-0.4, -0.2) is 71.5 Å². The van der Waals surface area contributed by atoms with E-state index in [-0.39, 0.29) is 23.4 Å². The molecule has 0 radical (unpaired) electrons. The van der Waals surface area contributed by atoms with Gasteiger partial charge in [0.05, 0.1) is 0 Å². The smallest absolute Gasteiger partial charge is 0.508 e. The molecule has 7 nitrogen and oxygen atoms in total. The van der Waals surface area contributed by atoms with Gasteiger partial charge in [-0.2, -0.15) is 0 Å². The molecular weight excluding hydrogens is 537 g/mol. The number of fused-ring (bicyclic) bond motifs is 1. The minimum atomic E-state index is -4.81. The van der Waals surface area contributed by atoms with Gasteiger partial charge in [0, 0.05) is 44.6 Å². The average Bonchev–Trinajstić information content (AvgIpc) is 2.90. The number of piperidine rings is 1. The topological polar surface area (TPSA) is 79.3 Å². The summed E-state index contributed by atoms with van der Waals surface area (Å²) in [5.74, 6) is -0.969. The first-order chi connectivity index (χ1) is 19.4. The van der Waals surface area contributed by atoms with Gasteiger partial charge in [0.25, 0.3) is 0 Å². The van der Waals surface area contributed by atoms with Crippen LogP contribution in [0.15, 0.2) is 67.3 Å². The zero-order valence-electron chi connectivity index (χ0n) is 23.2. The lowest BCUT2D eigenvalue weighted by Crippen LogP contribution is -2.68. The highest BCUT2D eigenvalue weighted by Crippen LogP contribution is 2.54. The van der Waals surface area contributed by atoms with E-state index in [1.54, 1.807) is 36.2 Å². The Balaban J connectivity index is 1.62. The molecule has 0 spiro atoms. The Morgan fingerprint density at radius 3 is 2.63 bits per heavy atom. The van der Waals surface area contributed by atoms with Crippen LogP contribution in [0.3, 0.4) is 0 Å². The number of phenols is 1. The predicted molar refractivity (Wildman–Crippen MR) is 148 cm³/mol. The average molecular weight is 573 g/mol. The second-order valence-electron chi connectivity index (χ2n) is 10.8. The van der Waals surface area contributed by atoms with E-state index in [0.717, 1.165) is 5.56 Å². The lowest BCUT2D eigenvalue weighted by atomic mass is 9.55. The van der Waals surface area contributed by atoms with Crippen molar-refractivity contribution < 1.29 is 37.3 Å². The van der Waals surface area contributed by atoms with Crippen molar-refractivity contribution in [2.45, 2.75) is 56.0 Å². The number of phenolic OH excluding ortho intramolecular Hbond substituents is 1. The number of likely N-dealkylation sites (tertiary alicyclic amines) is 1. The number of amides is 1. The van der Waals surface area contributed by atoms with Crippen molar-refractivity contribution in [1.82, 2.24) is 9.80 Å². The van der Waals surface area contributed by atoms with E-state index in [1.165, 1.54) is 37.3 Å². The summed E-state index contributed by atoms with van der Waals surface area (Å²) < 4.78 is 48.0. The van der Waals surface area contributed by atoms with Gasteiger partial charge in [-0.15, -0.1) is 19.8 Å². The Hall–Kier alpha value is -3.79. The van der Waals surface area contributed by atoms with Gasteiger partial charge in [-0.1, -0.05) is 30.3 Å². The van der Waals surface area contributed by atoms with Crippen LogP contribution < -0.4 is 4.74 Å².